The molecule has 0 spiro atoms. The number of carboxylic acids is 2. The van der Waals surface area contributed by atoms with Crippen LogP contribution in [0.3, 0.4) is 0 Å². The number of carbonyl (C=O) groups is 4. The molecule has 0 saturated carbocycles. The quantitative estimate of drug-likeness (QED) is 0.183. The maximum absolute atomic E-state index is 11.5. The summed E-state index contributed by atoms with van der Waals surface area (Å²) in [5.41, 5.74) is 5.23. The predicted octanol–water partition coefficient (Wildman–Crippen LogP) is -1.56. The van der Waals surface area contributed by atoms with Crippen molar-refractivity contribution in [2.45, 2.75) is 24.9 Å². The van der Waals surface area contributed by atoms with E-state index in [1.165, 1.54) is 0 Å². The number of hydrogen-bond donors (Lipinski definition) is 6. The van der Waals surface area contributed by atoms with E-state index >= 15 is 0 Å². The van der Waals surface area contributed by atoms with Gasteiger partial charge >= 0.3 is 40.7 Å². The fourth-order valence-electron chi connectivity index (χ4n) is 1.16. The Morgan fingerprint density at radius 3 is 2.18 bits per heavy atom. The fraction of sp³-hybridized carbons (Fsp3) is 0.600. The van der Waals surface area contributed by atoms with E-state index in [1.807, 2.05) is 0 Å². The van der Waals surface area contributed by atoms with Crippen molar-refractivity contribution in [2.24, 2.45) is 5.73 Å². The molecule has 0 aromatic heterocycles. The summed E-state index contributed by atoms with van der Waals surface area (Å²) in [6.07, 6.45) is -0.235. The molecule has 0 bridgehead atoms. The number of carboxylic acid groups (broad SMARTS) is 2. The Balaban J connectivity index is 0. The summed E-state index contributed by atoms with van der Waals surface area (Å²) in [5.74, 6) is -3.70. The minimum atomic E-state index is -1.22. The molecule has 0 radical (unpaired) electrons. The third-order valence-electron chi connectivity index (χ3n) is 2.25. The van der Waals surface area contributed by atoms with Gasteiger partial charge in [0.15, 0.2) is 0 Å². The summed E-state index contributed by atoms with van der Waals surface area (Å²) >= 11 is 6.41. The molecule has 0 fully saturated rings. The molecular formula is C10H17AgN3O6S2. The standard InChI is InChI=1S/C10H17N3O6S.Ag.S/c11-5(10(18)19)1-2-7(14)13-6(4-20)9(17)12-3-8(15)16;;/h5-6,20H,1-4,11H2,(H,12,17)(H,13,14)(H,15,16)(H,18,19);;/t5-,6-;;/m0../s1. The van der Waals surface area contributed by atoms with Crippen LogP contribution >= 0.6 is 22.2 Å². The van der Waals surface area contributed by atoms with Gasteiger partial charge in [-0.3, -0.25) is 19.2 Å². The Morgan fingerprint density at radius 2 is 1.77 bits per heavy atom. The average Bonchev–Trinajstić information content (AvgIpc) is 2.49. The zero-order chi connectivity index (χ0) is 17.7. The molecule has 9 nitrogen and oxygen atoms in total. The summed E-state index contributed by atoms with van der Waals surface area (Å²) in [7, 11) is 3.89. The molecule has 131 valence electrons. The van der Waals surface area contributed by atoms with Crippen LogP contribution < -0.4 is 16.4 Å². The molecule has 0 heterocycles. The van der Waals surface area contributed by atoms with Crippen molar-refractivity contribution >= 4 is 46.0 Å². The summed E-state index contributed by atoms with van der Waals surface area (Å²) < 4.78 is 0. The molecule has 0 rings (SSSR count). The topological polar surface area (TPSA) is 159 Å². The van der Waals surface area contributed by atoms with Crippen molar-refractivity contribution in [1.82, 2.24) is 10.6 Å². The van der Waals surface area contributed by atoms with Crippen LogP contribution in [-0.4, -0.2) is 58.3 Å². The number of hydrogen-bond acceptors (Lipinski definition) is 7. The average molecular weight is 447 g/mol. The van der Waals surface area contributed by atoms with E-state index in [4.69, 9.17) is 15.9 Å². The molecule has 2 amide bonds. The Bertz CT molecular complexity index is 412. The second-order valence-corrected chi connectivity index (χ2v) is 4.26. The maximum atomic E-state index is 11.5. The SMILES string of the molecule is N[C@@H](CCC(=O)N[C@@H](CS)C(=O)NCC(=O)O)C(=O)O.[S]=[Ag]. The van der Waals surface area contributed by atoms with Crippen molar-refractivity contribution in [3.8, 4) is 0 Å². The number of rotatable bonds is 9. The van der Waals surface area contributed by atoms with Crippen LogP contribution in [0.5, 0.6) is 0 Å². The fourth-order valence-corrected chi connectivity index (χ4v) is 1.41. The van der Waals surface area contributed by atoms with Crippen LogP contribution in [0.4, 0.5) is 0 Å². The van der Waals surface area contributed by atoms with E-state index < -0.39 is 42.4 Å². The third-order valence-corrected chi connectivity index (χ3v) is 2.61. The van der Waals surface area contributed by atoms with Gasteiger partial charge in [-0.2, -0.15) is 12.6 Å². The first-order valence-electron chi connectivity index (χ1n) is 5.78. The molecule has 0 aromatic rings. The first-order valence-corrected chi connectivity index (χ1v) is 8.47. The third kappa shape index (κ3) is 11.8. The second-order valence-electron chi connectivity index (χ2n) is 3.90. The van der Waals surface area contributed by atoms with E-state index in [-0.39, 0.29) is 18.6 Å². The molecule has 6 N–H and O–H groups in total. The number of nitrogens with two attached hydrogens (primary N) is 1. The molecular weight excluding hydrogens is 430 g/mol. The van der Waals surface area contributed by atoms with Crippen molar-refractivity contribution in [3.05, 3.63) is 0 Å². The summed E-state index contributed by atoms with van der Waals surface area (Å²) in [6, 6.07) is -2.15. The van der Waals surface area contributed by atoms with Crippen molar-refractivity contribution < 1.29 is 48.6 Å². The number of carbonyl (C=O) groups excluding carboxylic acids is 2. The van der Waals surface area contributed by atoms with Crippen LogP contribution in [0, 0.1) is 0 Å². The van der Waals surface area contributed by atoms with E-state index in [2.05, 4.69) is 52.0 Å². The van der Waals surface area contributed by atoms with Gasteiger partial charge in [0.05, 0.1) is 0 Å². The van der Waals surface area contributed by atoms with Crippen LogP contribution in [-0.2, 0) is 38.4 Å². The second kappa shape index (κ2) is 13.8. The monoisotopic (exact) mass is 446 g/mol. The van der Waals surface area contributed by atoms with Gasteiger partial charge in [-0.15, -0.1) is 0 Å². The van der Waals surface area contributed by atoms with Gasteiger partial charge < -0.3 is 26.6 Å². The molecule has 22 heavy (non-hydrogen) atoms. The first-order chi connectivity index (χ1) is 10.3. The molecule has 12 heteroatoms. The zero-order valence-electron chi connectivity index (χ0n) is 11.2. The number of amides is 2. The van der Waals surface area contributed by atoms with Crippen LogP contribution in [0.25, 0.3) is 0 Å². The Kier molecular flexibility index (Phi) is 14.7. The molecule has 0 unspecified atom stereocenters. The van der Waals surface area contributed by atoms with Crippen LogP contribution in [0.15, 0.2) is 0 Å². The molecule has 0 saturated heterocycles. The molecule has 0 aliphatic carbocycles. The van der Waals surface area contributed by atoms with Crippen molar-refractivity contribution in [3.63, 3.8) is 0 Å². The zero-order valence-corrected chi connectivity index (χ0v) is 14.4. The first kappa shape index (κ1) is 23.4. The minimum absolute atomic E-state index is 0.0256. The van der Waals surface area contributed by atoms with Gasteiger partial charge in [0.1, 0.15) is 18.6 Å². The van der Waals surface area contributed by atoms with Crippen molar-refractivity contribution in [2.75, 3.05) is 12.3 Å². The van der Waals surface area contributed by atoms with E-state index in [0.717, 1.165) is 0 Å². The molecule has 0 aliphatic rings. The van der Waals surface area contributed by atoms with Gasteiger partial charge in [0, 0.05) is 12.2 Å². The Labute approximate surface area is 148 Å². The van der Waals surface area contributed by atoms with Crippen LogP contribution in [0.2, 0.25) is 0 Å². The molecule has 2 atom stereocenters. The number of aliphatic carboxylic acids is 2. The summed E-state index contributed by atoms with van der Waals surface area (Å²) in [5, 5.41) is 21.4. The normalized spacial score (nSPS) is 12.2. The van der Waals surface area contributed by atoms with Gasteiger partial charge in [0.2, 0.25) is 11.8 Å². The Morgan fingerprint density at radius 1 is 1.23 bits per heavy atom. The van der Waals surface area contributed by atoms with E-state index in [0.29, 0.717) is 0 Å². The van der Waals surface area contributed by atoms with E-state index in [9.17, 15) is 19.2 Å². The Hall–Kier alpha value is -0.850. The van der Waals surface area contributed by atoms with Gasteiger partial charge in [-0.05, 0) is 6.42 Å². The summed E-state index contributed by atoms with van der Waals surface area (Å²) in [6.45, 7) is -0.567. The van der Waals surface area contributed by atoms with Crippen LogP contribution in [0.1, 0.15) is 12.8 Å². The molecule has 0 aliphatic heterocycles. The van der Waals surface area contributed by atoms with Gasteiger partial charge in [-0.1, -0.05) is 0 Å². The van der Waals surface area contributed by atoms with Gasteiger partial charge in [-0.25, -0.2) is 0 Å². The summed E-state index contributed by atoms with van der Waals surface area (Å²) in [4.78, 5) is 43.7. The predicted molar refractivity (Wildman–Crippen MR) is 78.9 cm³/mol. The van der Waals surface area contributed by atoms with Crippen molar-refractivity contribution in [1.29, 1.82) is 0 Å². The van der Waals surface area contributed by atoms with E-state index in [1.54, 1.807) is 0 Å². The number of thiol groups is 1. The number of nitrogens with one attached hydrogen (secondary N) is 2. The molecule has 0 aromatic carbocycles. The van der Waals surface area contributed by atoms with Gasteiger partial charge in [0.25, 0.3) is 0 Å².